The number of carbonyl (C=O) groups excluding carboxylic acids is 2. The second-order valence-electron chi connectivity index (χ2n) is 6.60. The van der Waals surface area contributed by atoms with Crippen LogP contribution in [0.2, 0.25) is 0 Å². The minimum absolute atomic E-state index is 0.0536. The third-order valence-corrected chi connectivity index (χ3v) is 5.03. The molecule has 0 atom stereocenters. The molecular formula is C19H19N7O3S. The molecule has 0 saturated heterocycles. The number of carbonyl (C=O) groups is 2. The average Bonchev–Trinajstić information content (AvgIpc) is 3.50. The van der Waals surface area contributed by atoms with E-state index in [0.717, 1.165) is 18.5 Å². The number of aromatic nitrogens is 5. The van der Waals surface area contributed by atoms with Crippen molar-refractivity contribution in [2.45, 2.75) is 32.1 Å². The summed E-state index contributed by atoms with van der Waals surface area (Å²) in [5.41, 5.74) is 2.07. The minimum atomic E-state index is -0.443. The third-order valence-electron chi connectivity index (χ3n) is 4.23. The Labute approximate surface area is 176 Å². The summed E-state index contributed by atoms with van der Waals surface area (Å²) in [6.45, 7) is 2.05. The molecule has 1 aliphatic rings. The Kier molecular flexibility index (Phi) is 5.89. The lowest BCUT2D eigenvalue weighted by molar-refractivity contribution is -0.142. The maximum atomic E-state index is 12.9. The fraction of sp³-hybridized carbons (Fsp3) is 0.316. The molecule has 0 aliphatic heterocycles. The summed E-state index contributed by atoms with van der Waals surface area (Å²) in [6, 6.07) is 0. The van der Waals surface area contributed by atoms with Crippen LogP contribution in [0.3, 0.4) is 0 Å². The van der Waals surface area contributed by atoms with E-state index < -0.39 is 5.91 Å². The molecule has 30 heavy (non-hydrogen) atoms. The Morgan fingerprint density at radius 2 is 2.00 bits per heavy atom. The van der Waals surface area contributed by atoms with Crippen molar-refractivity contribution in [3.8, 4) is 0 Å². The van der Waals surface area contributed by atoms with Gasteiger partial charge in [-0.05, 0) is 19.8 Å². The van der Waals surface area contributed by atoms with Gasteiger partial charge in [0, 0.05) is 11.3 Å². The molecule has 1 fully saturated rings. The van der Waals surface area contributed by atoms with Gasteiger partial charge in [-0.1, -0.05) is 0 Å². The Balaban J connectivity index is 1.53. The van der Waals surface area contributed by atoms with Crippen LogP contribution in [0.4, 0.5) is 16.6 Å². The SMILES string of the molecule is CCOC(=O)Cc1csc(NC(=O)c2nc(C3CC3)cnc2Nc2cncnc2)n1. The van der Waals surface area contributed by atoms with E-state index in [4.69, 9.17) is 4.74 Å². The van der Waals surface area contributed by atoms with E-state index in [9.17, 15) is 9.59 Å². The van der Waals surface area contributed by atoms with Gasteiger partial charge >= 0.3 is 5.97 Å². The number of hydrogen-bond acceptors (Lipinski definition) is 10. The first kappa shape index (κ1) is 19.8. The van der Waals surface area contributed by atoms with Crippen molar-refractivity contribution < 1.29 is 14.3 Å². The normalized spacial score (nSPS) is 13.0. The smallest absolute Gasteiger partial charge is 0.311 e. The number of amides is 1. The fourth-order valence-electron chi connectivity index (χ4n) is 2.69. The van der Waals surface area contributed by atoms with Crippen LogP contribution in [0.5, 0.6) is 0 Å². The van der Waals surface area contributed by atoms with E-state index in [1.165, 1.54) is 17.7 Å². The molecule has 0 bridgehead atoms. The first-order valence-corrected chi connectivity index (χ1v) is 10.3. The van der Waals surface area contributed by atoms with Crippen molar-refractivity contribution in [2.24, 2.45) is 0 Å². The van der Waals surface area contributed by atoms with E-state index in [1.54, 1.807) is 30.9 Å². The summed E-state index contributed by atoms with van der Waals surface area (Å²) in [6.07, 6.45) is 8.38. The summed E-state index contributed by atoms with van der Waals surface area (Å²) in [4.78, 5) is 45.7. The topological polar surface area (TPSA) is 132 Å². The Morgan fingerprint density at radius 1 is 1.20 bits per heavy atom. The number of rotatable bonds is 8. The summed E-state index contributed by atoms with van der Waals surface area (Å²) in [5.74, 6) is -0.161. The second kappa shape index (κ2) is 8.91. The number of thiazole rings is 1. The van der Waals surface area contributed by atoms with Gasteiger partial charge in [-0.25, -0.2) is 24.9 Å². The highest BCUT2D eigenvalue weighted by Gasteiger charge is 2.28. The first-order valence-electron chi connectivity index (χ1n) is 9.42. The lowest BCUT2D eigenvalue weighted by Gasteiger charge is -2.11. The van der Waals surface area contributed by atoms with Crippen LogP contribution in [-0.4, -0.2) is 43.4 Å². The largest absolute Gasteiger partial charge is 0.466 e. The molecule has 3 aromatic heterocycles. The lowest BCUT2D eigenvalue weighted by atomic mass is 10.2. The van der Waals surface area contributed by atoms with Crippen molar-refractivity contribution in [2.75, 3.05) is 17.2 Å². The summed E-state index contributed by atoms with van der Waals surface area (Å²) in [7, 11) is 0. The Morgan fingerprint density at radius 3 is 2.73 bits per heavy atom. The van der Waals surface area contributed by atoms with Crippen molar-refractivity contribution in [3.05, 3.63) is 47.4 Å². The highest BCUT2D eigenvalue weighted by Crippen LogP contribution is 2.39. The third kappa shape index (κ3) is 4.92. The van der Waals surface area contributed by atoms with E-state index >= 15 is 0 Å². The van der Waals surface area contributed by atoms with Crippen LogP contribution in [0, 0.1) is 0 Å². The molecule has 1 aliphatic carbocycles. The molecular weight excluding hydrogens is 406 g/mol. The lowest BCUT2D eigenvalue weighted by Crippen LogP contribution is -2.18. The van der Waals surface area contributed by atoms with Crippen LogP contribution in [-0.2, 0) is 16.0 Å². The van der Waals surface area contributed by atoms with Gasteiger partial charge in [0.2, 0.25) is 0 Å². The first-order chi connectivity index (χ1) is 14.6. The maximum Gasteiger partial charge on any atom is 0.311 e. The van der Waals surface area contributed by atoms with E-state index in [-0.39, 0.29) is 18.1 Å². The number of anilines is 3. The molecule has 1 amide bonds. The number of nitrogens with zero attached hydrogens (tertiary/aromatic N) is 5. The van der Waals surface area contributed by atoms with Crippen molar-refractivity contribution in [1.82, 2.24) is 24.9 Å². The molecule has 1 saturated carbocycles. The van der Waals surface area contributed by atoms with Gasteiger partial charge in [0.25, 0.3) is 5.91 Å². The molecule has 10 nitrogen and oxygen atoms in total. The molecule has 2 N–H and O–H groups in total. The van der Waals surface area contributed by atoms with Crippen molar-refractivity contribution in [3.63, 3.8) is 0 Å². The molecule has 11 heteroatoms. The second-order valence-corrected chi connectivity index (χ2v) is 7.46. The zero-order chi connectivity index (χ0) is 20.9. The van der Waals surface area contributed by atoms with Crippen LogP contribution in [0.25, 0.3) is 0 Å². The predicted octanol–water partition coefficient (Wildman–Crippen LogP) is 2.70. The minimum Gasteiger partial charge on any atom is -0.466 e. The molecule has 0 spiro atoms. The Hall–Kier alpha value is -3.47. The predicted molar refractivity (Wildman–Crippen MR) is 110 cm³/mol. The molecule has 3 heterocycles. The van der Waals surface area contributed by atoms with Crippen LogP contribution in [0.15, 0.2) is 30.3 Å². The van der Waals surface area contributed by atoms with Crippen LogP contribution in [0.1, 0.15) is 47.6 Å². The standard InChI is InChI=1S/C19H19N7O3S/c1-2-29-15(27)5-12-9-30-19(24-12)26-18(28)16-17(23-13-6-20-10-21-7-13)22-8-14(25-16)11-3-4-11/h6-11H,2-5H2,1H3,(H,22,23)(H,24,26,28). The monoisotopic (exact) mass is 425 g/mol. The molecule has 3 aromatic rings. The highest BCUT2D eigenvalue weighted by molar-refractivity contribution is 7.14. The number of ether oxygens (including phenoxy) is 1. The molecule has 4 rings (SSSR count). The molecule has 0 unspecified atom stereocenters. The van der Waals surface area contributed by atoms with E-state index in [2.05, 4.69) is 35.6 Å². The maximum absolute atomic E-state index is 12.9. The van der Waals surface area contributed by atoms with Gasteiger partial charge in [0.15, 0.2) is 16.6 Å². The van der Waals surface area contributed by atoms with E-state index in [1.807, 2.05) is 0 Å². The number of nitrogens with one attached hydrogen (secondary N) is 2. The summed E-state index contributed by atoms with van der Waals surface area (Å²) in [5, 5.41) is 7.85. The van der Waals surface area contributed by atoms with Crippen LogP contribution >= 0.6 is 11.3 Å². The number of esters is 1. The van der Waals surface area contributed by atoms with E-state index in [0.29, 0.717) is 34.9 Å². The zero-order valence-corrected chi connectivity index (χ0v) is 17.0. The van der Waals surface area contributed by atoms with Gasteiger partial charge < -0.3 is 10.1 Å². The fourth-order valence-corrected chi connectivity index (χ4v) is 3.40. The van der Waals surface area contributed by atoms with Gasteiger partial charge in [-0.15, -0.1) is 11.3 Å². The van der Waals surface area contributed by atoms with Gasteiger partial charge in [-0.2, -0.15) is 0 Å². The zero-order valence-electron chi connectivity index (χ0n) is 16.2. The quantitative estimate of drug-likeness (QED) is 0.523. The summed E-state index contributed by atoms with van der Waals surface area (Å²) < 4.78 is 4.92. The van der Waals surface area contributed by atoms with Crippen molar-refractivity contribution in [1.29, 1.82) is 0 Å². The summed E-state index contributed by atoms with van der Waals surface area (Å²) >= 11 is 1.23. The van der Waals surface area contributed by atoms with Crippen LogP contribution < -0.4 is 10.6 Å². The highest BCUT2D eigenvalue weighted by atomic mass is 32.1. The van der Waals surface area contributed by atoms with Gasteiger partial charge in [0.1, 0.15) is 6.33 Å². The Bertz CT molecular complexity index is 1050. The molecule has 0 aromatic carbocycles. The van der Waals surface area contributed by atoms with Crippen molar-refractivity contribution >= 4 is 39.9 Å². The number of hydrogen-bond donors (Lipinski definition) is 2. The van der Waals surface area contributed by atoms with Gasteiger partial charge in [0.05, 0.1) is 48.7 Å². The molecule has 0 radical (unpaired) electrons. The van der Waals surface area contributed by atoms with Gasteiger partial charge in [-0.3, -0.25) is 14.9 Å². The average molecular weight is 425 g/mol. The molecule has 154 valence electrons.